The van der Waals surface area contributed by atoms with Gasteiger partial charge in [0.05, 0.1) is 30.3 Å². The van der Waals surface area contributed by atoms with E-state index in [0.717, 1.165) is 12.1 Å². The van der Waals surface area contributed by atoms with E-state index in [0.29, 0.717) is 0 Å². The van der Waals surface area contributed by atoms with Crippen molar-refractivity contribution in [2.75, 3.05) is 19.7 Å². The summed E-state index contributed by atoms with van der Waals surface area (Å²) in [5.74, 6) is -0.735. The van der Waals surface area contributed by atoms with Gasteiger partial charge in [-0.15, -0.1) is 0 Å². The van der Waals surface area contributed by atoms with E-state index in [1.165, 1.54) is 17.0 Å². The number of hydrogen-bond donors (Lipinski definition) is 0. The first-order valence-corrected chi connectivity index (χ1v) is 5.90. The third kappa shape index (κ3) is 2.91. The molecule has 1 aliphatic heterocycles. The summed E-state index contributed by atoms with van der Waals surface area (Å²) in [6.45, 7) is 0.281. The summed E-state index contributed by atoms with van der Waals surface area (Å²) >= 11 is 0. The van der Waals surface area contributed by atoms with Gasteiger partial charge in [-0.05, 0) is 12.1 Å². The zero-order chi connectivity index (χ0) is 14.8. The zero-order valence-corrected chi connectivity index (χ0v) is 10.4. The summed E-state index contributed by atoms with van der Waals surface area (Å²) in [6.07, 6.45) is -5.39. The number of nitrogens with zero attached hydrogens (tertiary/aromatic N) is 2. The zero-order valence-electron chi connectivity index (χ0n) is 10.4. The van der Waals surface area contributed by atoms with Gasteiger partial charge < -0.3 is 9.64 Å². The molecule has 106 valence electrons. The molecule has 0 aromatic heterocycles. The fraction of sp³-hybridized carbons (Fsp3) is 0.385. The smallest absolute Gasteiger partial charge is 0.360 e. The van der Waals surface area contributed by atoms with Gasteiger partial charge in [0.15, 0.2) is 6.10 Å². The molecule has 7 heteroatoms. The first-order chi connectivity index (χ1) is 9.43. The number of ether oxygens (including phenoxy) is 1. The molecule has 0 saturated carbocycles. The molecule has 1 saturated heterocycles. The van der Waals surface area contributed by atoms with E-state index in [-0.39, 0.29) is 19.7 Å². The lowest BCUT2D eigenvalue weighted by Gasteiger charge is -2.30. The molecular weight excluding hydrogens is 273 g/mol. The Bertz CT molecular complexity index is 551. The maximum Gasteiger partial charge on any atom is 0.417 e. The number of nitriles is 1. The quantitative estimate of drug-likeness (QED) is 0.793. The second kappa shape index (κ2) is 5.51. The average molecular weight is 284 g/mol. The van der Waals surface area contributed by atoms with Crippen LogP contribution in [0.4, 0.5) is 13.2 Å². The van der Waals surface area contributed by atoms with E-state index in [9.17, 15) is 18.0 Å². The van der Waals surface area contributed by atoms with E-state index >= 15 is 0 Å². The number of morpholine rings is 1. The van der Waals surface area contributed by atoms with Crippen molar-refractivity contribution in [2.24, 2.45) is 0 Å². The highest BCUT2D eigenvalue weighted by molar-refractivity contribution is 5.96. The van der Waals surface area contributed by atoms with Crippen LogP contribution in [0.15, 0.2) is 24.3 Å². The average Bonchev–Trinajstić information content (AvgIpc) is 2.45. The van der Waals surface area contributed by atoms with Gasteiger partial charge in [-0.2, -0.15) is 18.4 Å². The second-order valence-electron chi connectivity index (χ2n) is 4.28. The Morgan fingerprint density at radius 3 is 2.75 bits per heavy atom. The third-order valence-corrected chi connectivity index (χ3v) is 2.96. The number of halogens is 3. The van der Waals surface area contributed by atoms with Crippen molar-refractivity contribution in [2.45, 2.75) is 12.3 Å². The highest BCUT2D eigenvalue weighted by Crippen LogP contribution is 2.32. The van der Waals surface area contributed by atoms with Crippen LogP contribution in [0.25, 0.3) is 0 Å². The van der Waals surface area contributed by atoms with Crippen LogP contribution in [-0.4, -0.2) is 36.6 Å². The molecule has 1 aromatic rings. The summed E-state index contributed by atoms with van der Waals surface area (Å²) < 4.78 is 43.7. The summed E-state index contributed by atoms with van der Waals surface area (Å²) in [5, 5.41) is 8.75. The fourth-order valence-electron chi connectivity index (χ4n) is 2.00. The van der Waals surface area contributed by atoms with Gasteiger partial charge in [-0.1, -0.05) is 12.1 Å². The Hall–Kier alpha value is -2.07. The molecule has 0 aliphatic carbocycles. The normalized spacial score (nSPS) is 19.5. The molecule has 0 N–H and O–H groups in total. The van der Waals surface area contributed by atoms with Gasteiger partial charge in [0.1, 0.15) is 0 Å². The Labute approximate surface area is 113 Å². The molecule has 0 spiro atoms. The number of carbonyl (C=O) groups excluding carboxylic acids is 1. The first-order valence-electron chi connectivity index (χ1n) is 5.90. The number of carbonyl (C=O) groups is 1. The van der Waals surface area contributed by atoms with Crippen molar-refractivity contribution in [3.63, 3.8) is 0 Å². The van der Waals surface area contributed by atoms with Crippen molar-refractivity contribution in [1.82, 2.24) is 4.90 Å². The second-order valence-corrected chi connectivity index (χ2v) is 4.28. The summed E-state index contributed by atoms with van der Waals surface area (Å²) in [6, 6.07) is 6.47. The van der Waals surface area contributed by atoms with Gasteiger partial charge >= 0.3 is 6.18 Å². The number of amides is 1. The molecule has 1 amide bonds. The first kappa shape index (κ1) is 14.3. The van der Waals surface area contributed by atoms with Gasteiger partial charge in [-0.25, -0.2) is 0 Å². The van der Waals surface area contributed by atoms with E-state index in [1.807, 2.05) is 6.07 Å². The van der Waals surface area contributed by atoms with Crippen LogP contribution in [0, 0.1) is 11.3 Å². The lowest BCUT2D eigenvalue weighted by molar-refractivity contribution is -0.138. The summed E-state index contributed by atoms with van der Waals surface area (Å²) in [7, 11) is 0. The maximum atomic E-state index is 12.9. The van der Waals surface area contributed by atoms with Crippen molar-refractivity contribution in [3.05, 3.63) is 35.4 Å². The number of benzene rings is 1. The monoisotopic (exact) mass is 284 g/mol. The minimum atomic E-state index is -4.59. The van der Waals surface area contributed by atoms with E-state index in [1.54, 1.807) is 0 Å². The molecule has 2 rings (SSSR count). The Balaban J connectivity index is 2.28. The van der Waals surface area contributed by atoms with Crippen LogP contribution in [0.2, 0.25) is 0 Å². The predicted molar refractivity (Wildman–Crippen MR) is 62.7 cm³/mol. The van der Waals surface area contributed by atoms with Crippen molar-refractivity contribution in [1.29, 1.82) is 5.26 Å². The topological polar surface area (TPSA) is 53.3 Å². The van der Waals surface area contributed by atoms with Crippen LogP contribution in [0.3, 0.4) is 0 Å². The fourth-order valence-corrected chi connectivity index (χ4v) is 2.00. The largest absolute Gasteiger partial charge is 0.417 e. The molecule has 1 fully saturated rings. The van der Waals surface area contributed by atoms with Gasteiger partial charge in [0.25, 0.3) is 5.91 Å². The Kier molecular flexibility index (Phi) is 3.95. The predicted octanol–water partition coefficient (Wildman–Crippen LogP) is 2.07. The van der Waals surface area contributed by atoms with Crippen molar-refractivity contribution >= 4 is 5.91 Å². The minimum Gasteiger partial charge on any atom is -0.360 e. The van der Waals surface area contributed by atoms with Crippen LogP contribution < -0.4 is 0 Å². The highest BCUT2D eigenvalue weighted by atomic mass is 19.4. The van der Waals surface area contributed by atoms with Crippen LogP contribution in [0.5, 0.6) is 0 Å². The highest BCUT2D eigenvalue weighted by Gasteiger charge is 2.36. The van der Waals surface area contributed by atoms with Gasteiger partial charge in [0.2, 0.25) is 0 Å². The Morgan fingerprint density at radius 2 is 2.10 bits per heavy atom. The number of alkyl halides is 3. The molecule has 4 nitrogen and oxygen atoms in total. The molecule has 1 aliphatic rings. The Morgan fingerprint density at radius 1 is 1.40 bits per heavy atom. The van der Waals surface area contributed by atoms with Gasteiger partial charge in [-0.3, -0.25) is 4.79 Å². The lowest BCUT2D eigenvalue weighted by atomic mass is 10.1. The van der Waals surface area contributed by atoms with Crippen LogP contribution in [0.1, 0.15) is 15.9 Å². The maximum absolute atomic E-state index is 12.9. The summed E-state index contributed by atoms with van der Waals surface area (Å²) in [5.41, 5.74) is -1.37. The molecule has 1 heterocycles. The SMILES string of the molecule is N#CC1CN(C(=O)c2ccccc2C(F)(F)F)CCO1. The molecule has 20 heavy (non-hydrogen) atoms. The van der Waals surface area contributed by atoms with E-state index in [4.69, 9.17) is 10.00 Å². The molecular formula is C13H11F3N2O2. The molecule has 0 bridgehead atoms. The van der Waals surface area contributed by atoms with Crippen molar-refractivity contribution in [3.8, 4) is 6.07 Å². The van der Waals surface area contributed by atoms with Gasteiger partial charge in [0, 0.05) is 6.54 Å². The van der Waals surface area contributed by atoms with Crippen LogP contribution in [-0.2, 0) is 10.9 Å². The molecule has 1 aromatic carbocycles. The van der Waals surface area contributed by atoms with Crippen LogP contribution >= 0.6 is 0 Å². The number of rotatable bonds is 1. The summed E-state index contributed by atoms with van der Waals surface area (Å²) in [4.78, 5) is 13.4. The third-order valence-electron chi connectivity index (χ3n) is 2.96. The molecule has 1 atom stereocenters. The lowest BCUT2D eigenvalue weighted by Crippen LogP contribution is -2.45. The standard InChI is InChI=1S/C13H11F3N2O2/c14-13(15,16)11-4-2-1-3-10(11)12(19)18-5-6-20-9(7-17)8-18/h1-4,9H,5-6,8H2. The van der Waals surface area contributed by atoms with E-state index < -0.39 is 29.3 Å². The molecule has 1 unspecified atom stereocenters. The van der Waals surface area contributed by atoms with E-state index in [2.05, 4.69) is 0 Å². The minimum absolute atomic E-state index is 0.0263. The number of hydrogen-bond acceptors (Lipinski definition) is 3. The molecule has 0 radical (unpaired) electrons. The van der Waals surface area contributed by atoms with Crippen molar-refractivity contribution < 1.29 is 22.7 Å².